The van der Waals surface area contributed by atoms with E-state index in [1.165, 1.54) is 0 Å². The van der Waals surface area contributed by atoms with Crippen molar-refractivity contribution in [2.45, 2.75) is 38.5 Å². The number of guanidine groups is 1. The van der Waals surface area contributed by atoms with Crippen molar-refractivity contribution in [1.82, 2.24) is 5.32 Å². The molecule has 1 atom stereocenters. The van der Waals surface area contributed by atoms with Gasteiger partial charge in [-0.3, -0.25) is 4.99 Å². The lowest BCUT2D eigenvalue weighted by Gasteiger charge is -2.19. The summed E-state index contributed by atoms with van der Waals surface area (Å²) in [6, 6.07) is 5.02. The van der Waals surface area contributed by atoms with Gasteiger partial charge in [0.2, 0.25) is 0 Å². The van der Waals surface area contributed by atoms with Crippen LogP contribution in [0.15, 0.2) is 23.2 Å². The molecule has 0 spiro atoms. The Morgan fingerprint density at radius 2 is 1.92 bits per heavy atom. The van der Waals surface area contributed by atoms with Crippen LogP contribution in [-0.2, 0) is 9.84 Å². The van der Waals surface area contributed by atoms with Gasteiger partial charge in [0.1, 0.15) is 0 Å². The molecule has 0 radical (unpaired) electrons. The van der Waals surface area contributed by atoms with Crippen molar-refractivity contribution in [3.8, 4) is 0 Å². The van der Waals surface area contributed by atoms with Crippen LogP contribution < -0.4 is 11.1 Å². The van der Waals surface area contributed by atoms with Gasteiger partial charge in [-0.1, -0.05) is 29.3 Å². The fourth-order valence-electron chi connectivity index (χ4n) is 1.79. The number of nitrogens with one attached hydrogen (secondary N) is 1. The molecule has 1 rings (SSSR count). The highest BCUT2D eigenvalue weighted by Crippen LogP contribution is 2.25. The number of nitrogens with zero attached hydrogens (tertiary/aromatic N) is 1. The zero-order valence-electron chi connectivity index (χ0n) is 14.1. The van der Waals surface area contributed by atoms with Gasteiger partial charge in [-0.25, -0.2) is 8.42 Å². The van der Waals surface area contributed by atoms with Crippen molar-refractivity contribution in [2.24, 2.45) is 10.7 Å². The molecule has 0 aliphatic carbocycles. The standard InChI is InChI=1S/C15H23Cl2N3O2S.HI/c1-10(12-6-5-11(16)9-13(12)17)20-14(18)19-7-8-23(21,22)15(2,3)4;/h5-6,9-10H,7-8H2,1-4H3,(H3,18,19,20);1H. The smallest absolute Gasteiger partial charge is 0.189 e. The van der Waals surface area contributed by atoms with Crippen LogP contribution in [0.2, 0.25) is 10.0 Å². The Labute approximate surface area is 171 Å². The molecule has 3 N–H and O–H groups in total. The SMILES string of the molecule is CC(NC(N)=NCCS(=O)(=O)C(C)(C)C)c1ccc(Cl)cc1Cl.I. The summed E-state index contributed by atoms with van der Waals surface area (Å²) in [5, 5.41) is 4.07. The average molecular weight is 508 g/mol. The second-order valence-corrected chi connectivity index (χ2v) is 9.94. The molecular weight excluding hydrogens is 484 g/mol. The molecule has 0 saturated carbocycles. The van der Waals surface area contributed by atoms with Gasteiger partial charge in [0, 0.05) is 10.0 Å². The van der Waals surface area contributed by atoms with Crippen molar-refractivity contribution < 1.29 is 8.42 Å². The summed E-state index contributed by atoms with van der Waals surface area (Å²) in [4.78, 5) is 4.07. The van der Waals surface area contributed by atoms with Gasteiger partial charge >= 0.3 is 0 Å². The molecule has 0 heterocycles. The lowest BCUT2D eigenvalue weighted by atomic mass is 10.1. The van der Waals surface area contributed by atoms with E-state index in [4.69, 9.17) is 28.9 Å². The summed E-state index contributed by atoms with van der Waals surface area (Å²) >= 11 is 12.0. The van der Waals surface area contributed by atoms with Crippen molar-refractivity contribution in [3.63, 3.8) is 0 Å². The third-order valence-corrected chi connectivity index (χ3v) is 6.52. The van der Waals surface area contributed by atoms with Gasteiger partial charge in [0.25, 0.3) is 0 Å². The van der Waals surface area contributed by atoms with E-state index in [-0.39, 0.29) is 48.3 Å². The van der Waals surface area contributed by atoms with E-state index in [9.17, 15) is 8.42 Å². The Balaban J connectivity index is 0.00000529. The topological polar surface area (TPSA) is 84.5 Å². The van der Waals surface area contributed by atoms with Crippen molar-refractivity contribution in [1.29, 1.82) is 0 Å². The maximum Gasteiger partial charge on any atom is 0.189 e. The van der Waals surface area contributed by atoms with Crippen LogP contribution in [0, 0.1) is 0 Å². The fraction of sp³-hybridized carbons (Fsp3) is 0.533. The van der Waals surface area contributed by atoms with E-state index in [2.05, 4.69) is 10.3 Å². The highest BCUT2D eigenvalue weighted by molar-refractivity contribution is 14.0. The zero-order chi connectivity index (χ0) is 17.8. The van der Waals surface area contributed by atoms with Crippen LogP contribution in [-0.4, -0.2) is 31.4 Å². The third kappa shape index (κ3) is 6.93. The first kappa shape index (κ1) is 23.8. The predicted molar refractivity (Wildman–Crippen MR) is 113 cm³/mol. The molecule has 0 aliphatic heterocycles. The first-order valence-corrected chi connectivity index (χ1v) is 9.58. The molecular formula is C15H24Cl2IN3O2S. The number of hydrogen-bond acceptors (Lipinski definition) is 3. The average Bonchev–Trinajstić information content (AvgIpc) is 2.36. The van der Waals surface area contributed by atoms with Gasteiger partial charge in [-0.05, 0) is 45.4 Å². The van der Waals surface area contributed by atoms with Gasteiger partial charge in [-0.2, -0.15) is 0 Å². The van der Waals surface area contributed by atoms with Gasteiger partial charge in [-0.15, -0.1) is 24.0 Å². The summed E-state index contributed by atoms with van der Waals surface area (Å²) in [6.45, 7) is 6.98. The Morgan fingerprint density at radius 3 is 2.42 bits per heavy atom. The van der Waals surface area contributed by atoms with E-state index >= 15 is 0 Å². The Morgan fingerprint density at radius 1 is 1.33 bits per heavy atom. The molecule has 0 fully saturated rings. The number of halogens is 3. The van der Waals surface area contributed by atoms with E-state index in [1.807, 2.05) is 6.92 Å². The molecule has 24 heavy (non-hydrogen) atoms. The summed E-state index contributed by atoms with van der Waals surface area (Å²) in [5.41, 5.74) is 6.64. The lowest BCUT2D eigenvalue weighted by molar-refractivity contribution is 0.560. The molecule has 5 nitrogen and oxygen atoms in total. The van der Waals surface area contributed by atoms with Crippen molar-refractivity contribution in [3.05, 3.63) is 33.8 Å². The van der Waals surface area contributed by atoms with Gasteiger partial charge in [0.15, 0.2) is 15.8 Å². The first-order valence-electron chi connectivity index (χ1n) is 7.18. The largest absolute Gasteiger partial charge is 0.370 e. The highest BCUT2D eigenvalue weighted by atomic mass is 127. The summed E-state index contributed by atoms with van der Waals surface area (Å²) < 4.78 is 23.2. The Kier molecular flexibility index (Phi) is 9.35. The number of sulfone groups is 1. The minimum absolute atomic E-state index is 0. The molecule has 1 aromatic rings. The number of aliphatic imine (C=N–C) groups is 1. The first-order chi connectivity index (χ1) is 10.4. The Hall–Kier alpha value is -0.250. The molecule has 0 amide bonds. The highest BCUT2D eigenvalue weighted by Gasteiger charge is 2.28. The third-order valence-electron chi connectivity index (χ3n) is 3.37. The van der Waals surface area contributed by atoms with E-state index < -0.39 is 14.6 Å². The monoisotopic (exact) mass is 507 g/mol. The lowest BCUT2D eigenvalue weighted by Crippen LogP contribution is -2.35. The molecule has 0 aliphatic rings. The number of rotatable bonds is 5. The van der Waals surface area contributed by atoms with E-state index in [0.717, 1.165) is 5.56 Å². The summed E-state index contributed by atoms with van der Waals surface area (Å²) in [6.07, 6.45) is 0. The number of hydrogen-bond donors (Lipinski definition) is 2. The summed E-state index contributed by atoms with van der Waals surface area (Å²) in [5.74, 6) is 0.127. The van der Waals surface area contributed by atoms with Crippen LogP contribution in [0.1, 0.15) is 39.3 Å². The second-order valence-electron chi connectivity index (χ2n) is 6.23. The number of nitrogens with two attached hydrogens (primary N) is 1. The van der Waals surface area contributed by atoms with E-state index in [1.54, 1.807) is 39.0 Å². The van der Waals surface area contributed by atoms with Crippen LogP contribution in [0.5, 0.6) is 0 Å². The molecule has 138 valence electrons. The Bertz CT molecular complexity index is 688. The quantitative estimate of drug-likeness (QED) is 0.360. The van der Waals surface area contributed by atoms with Gasteiger partial charge < -0.3 is 11.1 Å². The van der Waals surface area contributed by atoms with Crippen LogP contribution in [0.3, 0.4) is 0 Å². The molecule has 9 heteroatoms. The molecule has 0 saturated heterocycles. The molecule has 0 bridgehead atoms. The zero-order valence-corrected chi connectivity index (χ0v) is 18.8. The summed E-state index contributed by atoms with van der Waals surface area (Å²) in [7, 11) is -3.21. The predicted octanol–water partition coefficient (Wildman–Crippen LogP) is 3.79. The normalized spacial score (nSPS) is 14.0. The van der Waals surface area contributed by atoms with Crippen LogP contribution >= 0.6 is 47.2 Å². The van der Waals surface area contributed by atoms with Crippen LogP contribution in [0.25, 0.3) is 0 Å². The second kappa shape index (κ2) is 9.45. The molecule has 0 aromatic heterocycles. The fourth-order valence-corrected chi connectivity index (χ4v) is 3.31. The molecule has 1 aromatic carbocycles. The maximum absolute atomic E-state index is 12.0. The minimum atomic E-state index is -3.21. The van der Waals surface area contributed by atoms with Crippen LogP contribution in [0.4, 0.5) is 0 Å². The van der Waals surface area contributed by atoms with Crippen molar-refractivity contribution >= 4 is 63.0 Å². The van der Waals surface area contributed by atoms with E-state index in [0.29, 0.717) is 10.0 Å². The van der Waals surface area contributed by atoms with Crippen molar-refractivity contribution in [2.75, 3.05) is 12.3 Å². The van der Waals surface area contributed by atoms with Gasteiger partial charge in [0.05, 0.1) is 23.1 Å². The molecule has 1 unspecified atom stereocenters. The maximum atomic E-state index is 12.0. The minimum Gasteiger partial charge on any atom is -0.370 e. The number of benzene rings is 1.